The molecule has 0 unspecified atom stereocenters. The van der Waals surface area contributed by atoms with Crippen molar-refractivity contribution >= 4 is 26.3 Å². The fourth-order valence-corrected chi connectivity index (χ4v) is 15.0. The van der Waals surface area contributed by atoms with E-state index in [-0.39, 0.29) is 0 Å². The summed E-state index contributed by atoms with van der Waals surface area (Å²) in [4.78, 5) is 0. The van der Waals surface area contributed by atoms with Crippen LogP contribution in [0.3, 0.4) is 0 Å². The first kappa shape index (κ1) is 33.2. The van der Waals surface area contributed by atoms with E-state index in [1.807, 2.05) is 0 Å². The van der Waals surface area contributed by atoms with E-state index in [9.17, 15) is 0 Å². The Balaban J connectivity index is 4.69. The molecule has 0 aromatic rings. The van der Waals surface area contributed by atoms with E-state index >= 15 is 0 Å². The zero-order valence-corrected chi connectivity index (χ0v) is 26.3. The van der Waals surface area contributed by atoms with Crippen molar-refractivity contribution in [2.45, 2.75) is 169 Å². The summed E-state index contributed by atoms with van der Waals surface area (Å²) in [6.07, 6.45) is 38.7. The first-order valence-electron chi connectivity index (χ1n) is 15.3. The van der Waals surface area contributed by atoms with Crippen LogP contribution in [0.15, 0.2) is 0 Å². The summed E-state index contributed by atoms with van der Waals surface area (Å²) >= 11 is 3.18. The van der Waals surface area contributed by atoms with Crippen LogP contribution in [0.25, 0.3) is 0 Å². The van der Waals surface area contributed by atoms with Crippen LogP contribution in [0.5, 0.6) is 0 Å². The molecule has 0 aliphatic heterocycles. The molecule has 0 saturated carbocycles. The van der Waals surface area contributed by atoms with E-state index in [1.54, 1.807) is 24.6 Å². The zero-order valence-electron chi connectivity index (χ0n) is 23.2. The molecule has 2 heteroatoms. The summed E-state index contributed by atoms with van der Waals surface area (Å²) in [7, 11) is 0. The van der Waals surface area contributed by atoms with Gasteiger partial charge in [-0.15, -0.1) is 0 Å². The molecule has 0 radical (unpaired) electrons. The normalized spacial score (nSPS) is 13.3. The van der Waals surface area contributed by atoms with Gasteiger partial charge in [0, 0.05) is 0 Å². The van der Waals surface area contributed by atoms with Gasteiger partial charge in [0.25, 0.3) is 0 Å². The molecule has 0 spiro atoms. The second kappa shape index (κ2) is 22.6. The van der Waals surface area contributed by atoms with Gasteiger partial charge < -0.3 is 0 Å². The van der Waals surface area contributed by atoms with Gasteiger partial charge >= 0.3 is 220 Å². The van der Waals surface area contributed by atoms with Crippen molar-refractivity contribution in [1.82, 2.24) is 0 Å². The fraction of sp³-hybridized carbons (Fsp3) is 1.00. The van der Waals surface area contributed by atoms with Crippen molar-refractivity contribution in [2.24, 2.45) is 0 Å². The maximum atomic E-state index is 3.18. The molecule has 0 saturated heterocycles. The van der Waals surface area contributed by atoms with Crippen LogP contribution in [0.2, 0.25) is 0 Å². The Morgan fingerprint density at radius 1 is 0.312 bits per heavy atom. The molecule has 0 heterocycles. The zero-order chi connectivity index (χ0) is 23.8. The summed E-state index contributed by atoms with van der Waals surface area (Å²) in [6.45, 7) is 9.42. The molecule has 0 aliphatic rings. The topological polar surface area (TPSA) is 0 Å². The average molecular weight is 583 g/mol. The van der Waals surface area contributed by atoms with Crippen LogP contribution in [0, 0.1) is 0 Å². The third-order valence-electron chi connectivity index (χ3n) is 7.78. The van der Waals surface area contributed by atoms with Crippen molar-refractivity contribution in [3.8, 4) is 0 Å². The molecule has 0 N–H and O–H groups in total. The Labute approximate surface area is 219 Å². The van der Waals surface area contributed by atoms with E-state index in [2.05, 4.69) is 49.7 Å². The molecule has 0 nitrogen and oxygen atoms in total. The van der Waals surface area contributed by atoms with Gasteiger partial charge in [0.1, 0.15) is 0 Å². The molecule has 0 aliphatic carbocycles. The summed E-state index contributed by atoms with van der Waals surface area (Å²) in [5, 5.41) is 0. The standard InChI is InChI=1S/C30H64IP/c1-5-9-13-15-17-19-21-25-29-32(31,27-23-11-7-3,28-24-12-8-4)30-26-22-20-18-16-14-10-6-2/h5-30H2,1-4H3. The molecular formula is C30H64IP. The molecule has 0 amide bonds. The Bertz CT molecular complexity index is 347. The Hall–Kier alpha value is 1.16. The van der Waals surface area contributed by atoms with Crippen LogP contribution in [-0.2, 0) is 0 Å². The van der Waals surface area contributed by atoms with Crippen molar-refractivity contribution in [2.75, 3.05) is 24.6 Å². The predicted molar refractivity (Wildman–Crippen MR) is 165 cm³/mol. The molecule has 0 aromatic heterocycles. The summed E-state index contributed by atoms with van der Waals surface area (Å²) in [6, 6.07) is 0. The van der Waals surface area contributed by atoms with Crippen LogP contribution in [0.4, 0.5) is 0 Å². The van der Waals surface area contributed by atoms with Gasteiger partial charge in [-0.05, 0) is 0 Å². The van der Waals surface area contributed by atoms with E-state index < -0.39 is 4.25 Å². The molecule has 0 aromatic carbocycles. The van der Waals surface area contributed by atoms with E-state index in [0.29, 0.717) is 0 Å². The Morgan fingerprint density at radius 2 is 0.500 bits per heavy atom. The first-order chi connectivity index (χ1) is 15.5. The van der Waals surface area contributed by atoms with E-state index in [1.165, 1.54) is 141 Å². The van der Waals surface area contributed by atoms with Crippen LogP contribution in [-0.4, -0.2) is 24.6 Å². The number of unbranched alkanes of at least 4 members (excludes halogenated alkanes) is 18. The molecule has 32 heavy (non-hydrogen) atoms. The summed E-state index contributed by atoms with van der Waals surface area (Å²) in [5.74, 6) is 0. The van der Waals surface area contributed by atoms with Gasteiger partial charge in [-0.3, -0.25) is 0 Å². The monoisotopic (exact) mass is 582 g/mol. The van der Waals surface area contributed by atoms with E-state index in [0.717, 1.165) is 0 Å². The molecule has 0 atom stereocenters. The Kier molecular flexibility index (Phi) is 23.4. The first-order valence-corrected chi connectivity index (χ1v) is 21.0. The summed E-state index contributed by atoms with van der Waals surface area (Å²) < 4.78 is -1.56. The van der Waals surface area contributed by atoms with E-state index in [4.69, 9.17) is 0 Å². The summed E-state index contributed by atoms with van der Waals surface area (Å²) in [5.41, 5.74) is 0. The van der Waals surface area contributed by atoms with Crippen LogP contribution >= 0.6 is 26.3 Å². The number of rotatable bonds is 26. The van der Waals surface area contributed by atoms with Gasteiger partial charge in [-0.1, -0.05) is 0 Å². The quantitative estimate of drug-likeness (QED) is 0.0541. The molecule has 196 valence electrons. The third-order valence-corrected chi connectivity index (χ3v) is 19.3. The minimum absolute atomic E-state index is 1.37. The second-order valence-corrected chi connectivity index (χ2v) is 24.7. The van der Waals surface area contributed by atoms with Crippen molar-refractivity contribution in [3.63, 3.8) is 0 Å². The average Bonchev–Trinajstić information content (AvgIpc) is 2.78. The van der Waals surface area contributed by atoms with Crippen molar-refractivity contribution < 1.29 is 0 Å². The predicted octanol–water partition coefficient (Wildman–Crippen LogP) is 12.6. The van der Waals surface area contributed by atoms with Crippen LogP contribution in [0.1, 0.15) is 169 Å². The molecule has 0 bridgehead atoms. The maximum absolute atomic E-state index is 3.18. The van der Waals surface area contributed by atoms with Crippen molar-refractivity contribution in [1.29, 1.82) is 0 Å². The van der Waals surface area contributed by atoms with Gasteiger partial charge in [0.15, 0.2) is 0 Å². The SMILES string of the molecule is CCCCCCCCCCP(I)(CCCCC)(CCCCC)CCCCCCCCCC. The molecule has 0 rings (SSSR count). The third kappa shape index (κ3) is 18.5. The van der Waals surface area contributed by atoms with Crippen molar-refractivity contribution in [3.05, 3.63) is 0 Å². The molecule has 0 fully saturated rings. The van der Waals surface area contributed by atoms with Gasteiger partial charge in [-0.2, -0.15) is 0 Å². The Morgan fingerprint density at radius 3 is 0.781 bits per heavy atom. The number of halogens is 1. The van der Waals surface area contributed by atoms with Crippen LogP contribution < -0.4 is 0 Å². The second-order valence-electron chi connectivity index (χ2n) is 11.1. The minimum atomic E-state index is -1.56. The number of hydrogen-bond donors (Lipinski definition) is 0. The number of hydrogen-bond acceptors (Lipinski definition) is 0. The van der Waals surface area contributed by atoms with Gasteiger partial charge in [-0.25, -0.2) is 0 Å². The molecular weight excluding hydrogens is 518 g/mol. The fourth-order valence-electron chi connectivity index (χ4n) is 5.47. The van der Waals surface area contributed by atoms with Gasteiger partial charge in [0.05, 0.1) is 0 Å². The van der Waals surface area contributed by atoms with Gasteiger partial charge in [0.2, 0.25) is 0 Å².